The van der Waals surface area contributed by atoms with Crippen LogP contribution in [0.3, 0.4) is 0 Å². The van der Waals surface area contributed by atoms with E-state index in [9.17, 15) is 9.18 Å². The molecule has 6 heteroatoms. The molecule has 1 aromatic heterocycles. The first-order valence-electron chi connectivity index (χ1n) is 5.52. The molecule has 20 heavy (non-hydrogen) atoms. The Hall–Kier alpha value is -2.14. The van der Waals surface area contributed by atoms with Gasteiger partial charge in [-0.1, -0.05) is 0 Å². The molecular formula is C14H8FIN2O2. The van der Waals surface area contributed by atoms with Gasteiger partial charge in [-0.2, -0.15) is 5.26 Å². The van der Waals surface area contributed by atoms with Crippen LogP contribution in [0.25, 0.3) is 6.08 Å². The summed E-state index contributed by atoms with van der Waals surface area (Å²) in [6.45, 7) is 0. The Balaban J connectivity index is 2.16. The average molecular weight is 382 g/mol. The van der Waals surface area contributed by atoms with Crippen LogP contribution < -0.4 is 5.32 Å². The number of furan rings is 1. The normalized spacial score (nSPS) is 10.9. The lowest BCUT2D eigenvalue weighted by atomic mass is 10.2. The Kier molecular flexibility index (Phi) is 4.53. The maximum atomic E-state index is 12.7. The first-order valence-corrected chi connectivity index (χ1v) is 6.60. The number of hydrogen-bond donors (Lipinski definition) is 1. The number of amides is 1. The highest BCUT2D eigenvalue weighted by Crippen LogP contribution is 2.15. The molecule has 1 N–H and O–H groups in total. The summed E-state index contributed by atoms with van der Waals surface area (Å²) < 4.78 is 18.7. The van der Waals surface area contributed by atoms with Crippen molar-refractivity contribution in [3.05, 3.63) is 57.3 Å². The summed E-state index contributed by atoms with van der Waals surface area (Å²) in [4.78, 5) is 11.9. The number of carbonyl (C=O) groups excluding carboxylic acids is 1. The van der Waals surface area contributed by atoms with Crippen molar-refractivity contribution in [1.82, 2.24) is 0 Å². The van der Waals surface area contributed by atoms with Crippen LogP contribution in [0.5, 0.6) is 0 Å². The van der Waals surface area contributed by atoms with Crippen molar-refractivity contribution >= 4 is 40.3 Å². The first-order chi connectivity index (χ1) is 9.58. The predicted molar refractivity (Wildman–Crippen MR) is 80.0 cm³/mol. The van der Waals surface area contributed by atoms with Gasteiger partial charge in [0.1, 0.15) is 23.2 Å². The van der Waals surface area contributed by atoms with E-state index in [-0.39, 0.29) is 5.57 Å². The molecule has 100 valence electrons. The van der Waals surface area contributed by atoms with E-state index in [0.717, 1.165) is 0 Å². The highest BCUT2D eigenvalue weighted by Gasteiger charge is 2.10. The Morgan fingerprint density at radius 1 is 1.30 bits per heavy atom. The predicted octanol–water partition coefficient (Wildman–Crippen LogP) is 3.57. The highest BCUT2D eigenvalue weighted by atomic mass is 127. The SMILES string of the molecule is N#CC(=Cc1ccc(I)o1)C(=O)Nc1ccc(F)cc1. The molecule has 0 atom stereocenters. The van der Waals surface area contributed by atoms with E-state index in [0.29, 0.717) is 15.2 Å². The minimum atomic E-state index is -0.578. The average Bonchev–Trinajstić information content (AvgIpc) is 2.84. The van der Waals surface area contributed by atoms with Crippen LogP contribution in [-0.2, 0) is 4.79 Å². The number of benzene rings is 1. The highest BCUT2D eigenvalue weighted by molar-refractivity contribution is 14.1. The molecule has 1 amide bonds. The Bertz CT molecular complexity index is 699. The molecule has 0 saturated carbocycles. The molecule has 0 aliphatic carbocycles. The molecule has 0 bridgehead atoms. The number of nitrogens with one attached hydrogen (secondary N) is 1. The molecule has 2 aromatic rings. The molecule has 0 saturated heterocycles. The zero-order chi connectivity index (χ0) is 14.5. The lowest BCUT2D eigenvalue weighted by Crippen LogP contribution is -2.13. The van der Waals surface area contributed by atoms with E-state index in [2.05, 4.69) is 5.32 Å². The van der Waals surface area contributed by atoms with E-state index < -0.39 is 11.7 Å². The van der Waals surface area contributed by atoms with Gasteiger partial charge in [-0.25, -0.2) is 4.39 Å². The number of halogens is 2. The molecule has 0 aliphatic heterocycles. The smallest absolute Gasteiger partial charge is 0.266 e. The van der Waals surface area contributed by atoms with Crippen LogP contribution in [0.4, 0.5) is 10.1 Å². The Morgan fingerprint density at radius 2 is 2.00 bits per heavy atom. The van der Waals surface area contributed by atoms with Gasteiger partial charge in [0.25, 0.3) is 5.91 Å². The van der Waals surface area contributed by atoms with Gasteiger partial charge in [0.05, 0.1) is 0 Å². The summed E-state index contributed by atoms with van der Waals surface area (Å²) in [5, 5.41) is 11.5. The van der Waals surface area contributed by atoms with Gasteiger partial charge in [0.15, 0.2) is 3.77 Å². The van der Waals surface area contributed by atoms with Crippen molar-refractivity contribution in [3.63, 3.8) is 0 Å². The molecule has 4 nitrogen and oxygen atoms in total. The number of anilines is 1. The van der Waals surface area contributed by atoms with Crippen molar-refractivity contribution in [3.8, 4) is 6.07 Å². The zero-order valence-electron chi connectivity index (χ0n) is 10.1. The standard InChI is InChI=1S/C14H8FIN2O2/c15-10-1-3-11(4-2-10)18-14(19)9(8-17)7-12-5-6-13(16)20-12/h1-7H,(H,18,19). The Morgan fingerprint density at radius 3 is 2.55 bits per heavy atom. The molecular weight excluding hydrogens is 374 g/mol. The molecule has 1 aromatic carbocycles. The van der Waals surface area contributed by atoms with Crippen LogP contribution in [0.15, 0.2) is 46.4 Å². The van der Waals surface area contributed by atoms with Gasteiger partial charge in [-0.05, 0) is 59.0 Å². The fourth-order valence-corrected chi connectivity index (χ4v) is 1.86. The molecule has 0 radical (unpaired) electrons. The number of hydrogen-bond acceptors (Lipinski definition) is 3. The molecule has 1 heterocycles. The van der Waals surface area contributed by atoms with Crippen LogP contribution in [0.1, 0.15) is 5.76 Å². The number of nitriles is 1. The molecule has 0 fully saturated rings. The van der Waals surface area contributed by atoms with E-state index in [1.807, 2.05) is 22.6 Å². The Labute approximate surface area is 128 Å². The van der Waals surface area contributed by atoms with Crippen molar-refractivity contribution in [2.45, 2.75) is 0 Å². The van der Waals surface area contributed by atoms with Gasteiger partial charge in [-0.15, -0.1) is 0 Å². The lowest BCUT2D eigenvalue weighted by molar-refractivity contribution is -0.112. The third kappa shape index (κ3) is 3.68. The van der Waals surface area contributed by atoms with Crippen molar-refractivity contribution in [2.24, 2.45) is 0 Å². The zero-order valence-corrected chi connectivity index (χ0v) is 12.2. The van der Waals surface area contributed by atoms with Gasteiger partial charge in [-0.3, -0.25) is 4.79 Å². The summed E-state index contributed by atoms with van der Waals surface area (Å²) in [6.07, 6.45) is 1.35. The fourth-order valence-electron chi connectivity index (χ4n) is 1.43. The summed E-state index contributed by atoms with van der Waals surface area (Å²) >= 11 is 1.98. The second kappa shape index (κ2) is 6.34. The summed E-state index contributed by atoms with van der Waals surface area (Å²) in [5.74, 6) is -0.560. The first kappa shape index (κ1) is 14.3. The topological polar surface area (TPSA) is 66.0 Å². The number of rotatable bonds is 3. The summed E-state index contributed by atoms with van der Waals surface area (Å²) in [7, 11) is 0. The van der Waals surface area contributed by atoms with Gasteiger partial charge in [0.2, 0.25) is 0 Å². The lowest BCUT2D eigenvalue weighted by Gasteiger charge is -2.03. The van der Waals surface area contributed by atoms with Gasteiger partial charge >= 0.3 is 0 Å². The largest absolute Gasteiger partial charge is 0.451 e. The summed E-state index contributed by atoms with van der Waals surface area (Å²) in [5.41, 5.74) is 0.312. The van der Waals surface area contributed by atoms with E-state index >= 15 is 0 Å². The third-order valence-corrected chi connectivity index (χ3v) is 2.93. The van der Waals surface area contributed by atoms with E-state index in [1.54, 1.807) is 18.2 Å². The molecule has 0 aliphatic rings. The maximum Gasteiger partial charge on any atom is 0.266 e. The van der Waals surface area contributed by atoms with Crippen LogP contribution in [0, 0.1) is 20.9 Å². The van der Waals surface area contributed by atoms with Gasteiger partial charge < -0.3 is 9.73 Å². The molecule has 0 unspecified atom stereocenters. The van der Waals surface area contributed by atoms with Crippen molar-refractivity contribution < 1.29 is 13.6 Å². The molecule has 2 rings (SSSR count). The van der Waals surface area contributed by atoms with Crippen LogP contribution in [-0.4, -0.2) is 5.91 Å². The minimum Gasteiger partial charge on any atom is -0.451 e. The minimum absolute atomic E-state index is 0.0972. The fraction of sp³-hybridized carbons (Fsp3) is 0. The van der Waals surface area contributed by atoms with Crippen molar-refractivity contribution in [2.75, 3.05) is 5.32 Å². The van der Waals surface area contributed by atoms with Crippen LogP contribution >= 0.6 is 22.6 Å². The number of carbonyl (C=O) groups is 1. The quantitative estimate of drug-likeness (QED) is 0.502. The van der Waals surface area contributed by atoms with Crippen LogP contribution in [0.2, 0.25) is 0 Å². The summed E-state index contributed by atoms with van der Waals surface area (Å²) in [6, 6.07) is 10.5. The second-order valence-electron chi connectivity index (χ2n) is 3.77. The number of nitrogens with zero attached hydrogens (tertiary/aromatic N) is 1. The second-order valence-corrected chi connectivity index (χ2v) is 4.84. The molecule has 0 spiro atoms. The van der Waals surface area contributed by atoms with E-state index in [1.165, 1.54) is 30.3 Å². The van der Waals surface area contributed by atoms with Gasteiger partial charge in [0, 0.05) is 11.8 Å². The third-order valence-electron chi connectivity index (χ3n) is 2.35. The van der Waals surface area contributed by atoms with Crippen molar-refractivity contribution in [1.29, 1.82) is 5.26 Å². The maximum absolute atomic E-state index is 12.7. The monoisotopic (exact) mass is 382 g/mol. The van der Waals surface area contributed by atoms with E-state index in [4.69, 9.17) is 9.68 Å².